The number of aliphatic hydroxyl groups is 1. The summed E-state index contributed by atoms with van der Waals surface area (Å²) in [7, 11) is 6.94. The van der Waals surface area contributed by atoms with Gasteiger partial charge >= 0.3 is 0 Å². The van der Waals surface area contributed by atoms with Crippen LogP contribution in [-0.4, -0.2) is 40.7 Å². The SMILES string of the molecule is C.CO.COc1c(Cl)ccc(F)c1C.COc1cc(F)ccc1Cl.COc1cc(N)cc(F)c1C.COc1cc(NCc2ccccc2)cc(F)c1C.NCc1ccccc1. The second kappa shape index (κ2) is 30.4. The molecule has 0 aliphatic rings. The summed E-state index contributed by atoms with van der Waals surface area (Å²) in [5.41, 5.74) is 15.6. The van der Waals surface area contributed by atoms with E-state index in [0.29, 0.717) is 68.5 Å². The number of methoxy groups -OCH3 is 4. The van der Waals surface area contributed by atoms with Crippen molar-refractivity contribution in [2.24, 2.45) is 5.73 Å². The minimum atomic E-state index is -0.346. The monoisotopic (exact) mass is 889 g/mol. The number of hydrogen-bond donors (Lipinski definition) is 4. The molecular weight excluding hydrogens is 833 g/mol. The van der Waals surface area contributed by atoms with Gasteiger partial charge in [-0.15, -0.1) is 0 Å². The Morgan fingerprint density at radius 3 is 1.51 bits per heavy atom. The fraction of sp³-hybridized carbons (Fsp3) is 0.234. The van der Waals surface area contributed by atoms with Crippen molar-refractivity contribution < 1.29 is 41.6 Å². The third-order valence-corrected chi connectivity index (χ3v) is 8.69. The summed E-state index contributed by atoms with van der Waals surface area (Å²) in [5, 5.41) is 11.0. The van der Waals surface area contributed by atoms with Gasteiger partial charge in [0, 0.05) is 66.5 Å². The molecule has 0 fully saturated rings. The largest absolute Gasteiger partial charge is 0.496 e. The van der Waals surface area contributed by atoms with Crippen LogP contribution in [0.1, 0.15) is 35.2 Å². The Balaban J connectivity index is 0.000000747. The summed E-state index contributed by atoms with van der Waals surface area (Å²) in [6.45, 7) is 6.27. The lowest BCUT2D eigenvalue weighted by molar-refractivity contribution is 0.399. The maximum atomic E-state index is 13.6. The quantitative estimate of drug-likeness (QED) is 0.0881. The zero-order valence-corrected chi connectivity index (χ0v) is 36.4. The van der Waals surface area contributed by atoms with Gasteiger partial charge in [0.1, 0.15) is 46.3 Å². The van der Waals surface area contributed by atoms with Crippen molar-refractivity contribution >= 4 is 34.6 Å². The van der Waals surface area contributed by atoms with Gasteiger partial charge in [0.25, 0.3) is 0 Å². The van der Waals surface area contributed by atoms with Crippen molar-refractivity contribution in [1.82, 2.24) is 0 Å². The van der Waals surface area contributed by atoms with E-state index in [4.69, 9.17) is 58.7 Å². The van der Waals surface area contributed by atoms with Crippen LogP contribution in [0.15, 0.2) is 115 Å². The van der Waals surface area contributed by atoms with Gasteiger partial charge in [-0.2, -0.15) is 0 Å². The van der Waals surface area contributed by atoms with Crippen LogP contribution in [0, 0.1) is 44.0 Å². The highest BCUT2D eigenvalue weighted by Gasteiger charge is 2.09. The summed E-state index contributed by atoms with van der Waals surface area (Å²) in [5.74, 6) is 0.584. The topological polar surface area (TPSA) is 121 Å². The van der Waals surface area contributed by atoms with Crippen molar-refractivity contribution in [3.63, 3.8) is 0 Å². The first kappa shape index (κ1) is 55.3. The molecule has 0 spiro atoms. The summed E-state index contributed by atoms with van der Waals surface area (Å²) < 4.78 is 71.4. The fourth-order valence-electron chi connectivity index (χ4n) is 4.79. The summed E-state index contributed by atoms with van der Waals surface area (Å²) in [6, 6.07) is 32.9. The van der Waals surface area contributed by atoms with Gasteiger partial charge in [-0.3, -0.25) is 0 Å². The van der Waals surface area contributed by atoms with Crippen molar-refractivity contribution in [3.8, 4) is 23.0 Å². The standard InChI is InChI=1S/C15H16FNO.C8H8ClFO.C8H10FNO.C7H6ClFO.C7H9N.CH4O.CH4/c1-11-14(16)8-13(9-15(11)18-2)17-10-12-6-4-3-5-7-12;1-5-7(10)4-3-6(9)8(5)11-2;1-5-7(9)3-6(10)4-8(5)11-2;1-10-7-4-5(9)2-3-6(7)8;8-6-7-4-2-1-3-5-7;1-2;/h3-9,17H,10H2,1-2H3;3-4H,1-2H3;3-4H,10H2,1-2H3;2-4H,1H3;1-5H,6,8H2;2H,1H3;1H4. The Kier molecular flexibility index (Phi) is 27.6. The summed E-state index contributed by atoms with van der Waals surface area (Å²) in [6.07, 6.45) is 0. The lowest BCUT2D eigenvalue weighted by Crippen LogP contribution is -2.01. The average Bonchev–Trinajstić information content (AvgIpc) is 3.27. The lowest BCUT2D eigenvalue weighted by Gasteiger charge is -2.11. The van der Waals surface area contributed by atoms with Crippen LogP contribution in [0.4, 0.5) is 28.9 Å². The zero-order chi connectivity index (χ0) is 45.2. The van der Waals surface area contributed by atoms with Crippen molar-refractivity contribution in [1.29, 1.82) is 0 Å². The number of hydrogen-bond acceptors (Lipinski definition) is 8. The van der Waals surface area contributed by atoms with E-state index in [2.05, 4.69) is 5.32 Å². The molecule has 8 nitrogen and oxygen atoms in total. The van der Waals surface area contributed by atoms with Crippen LogP contribution in [-0.2, 0) is 13.1 Å². The smallest absolute Gasteiger partial charge is 0.143 e. The molecule has 0 unspecified atom stereocenters. The van der Waals surface area contributed by atoms with Crippen LogP contribution in [0.3, 0.4) is 0 Å². The number of nitrogens with one attached hydrogen (secondary N) is 1. The second-order valence-electron chi connectivity index (χ2n) is 12.1. The van der Waals surface area contributed by atoms with Gasteiger partial charge in [-0.1, -0.05) is 91.3 Å². The molecule has 0 bridgehead atoms. The molecule has 0 heterocycles. The number of nitrogens with two attached hydrogens (primary N) is 2. The first-order valence-electron chi connectivity index (χ1n) is 18.1. The van der Waals surface area contributed by atoms with Crippen LogP contribution >= 0.6 is 23.2 Å². The molecule has 14 heteroatoms. The molecule has 0 aliphatic heterocycles. The summed E-state index contributed by atoms with van der Waals surface area (Å²) >= 11 is 11.3. The zero-order valence-electron chi connectivity index (χ0n) is 34.9. The predicted octanol–water partition coefficient (Wildman–Crippen LogP) is 12.2. The third kappa shape index (κ3) is 19.5. The molecule has 0 atom stereocenters. The maximum Gasteiger partial charge on any atom is 0.143 e. The van der Waals surface area contributed by atoms with E-state index in [0.717, 1.165) is 18.4 Å². The van der Waals surface area contributed by atoms with Gasteiger partial charge in [0.2, 0.25) is 0 Å². The Morgan fingerprint density at radius 1 is 0.557 bits per heavy atom. The van der Waals surface area contributed by atoms with Crippen LogP contribution < -0.4 is 35.7 Å². The highest BCUT2D eigenvalue weighted by Crippen LogP contribution is 2.30. The van der Waals surface area contributed by atoms with E-state index in [1.54, 1.807) is 40.0 Å². The highest BCUT2D eigenvalue weighted by molar-refractivity contribution is 6.32. The van der Waals surface area contributed by atoms with Crippen molar-refractivity contribution in [2.75, 3.05) is 46.6 Å². The van der Waals surface area contributed by atoms with Crippen molar-refractivity contribution in [2.45, 2.75) is 41.3 Å². The minimum absolute atomic E-state index is 0. The van der Waals surface area contributed by atoms with Gasteiger partial charge in [-0.25, -0.2) is 17.6 Å². The minimum Gasteiger partial charge on any atom is -0.496 e. The van der Waals surface area contributed by atoms with Gasteiger partial charge < -0.3 is 40.8 Å². The summed E-state index contributed by atoms with van der Waals surface area (Å²) in [4.78, 5) is 0. The molecule has 0 aromatic heterocycles. The van der Waals surface area contributed by atoms with Gasteiger partial charge in [0.15, 0.2) is 0 Å². The first-order valence-corrected chi connectivity index (χ1v) is 18.8. The predicted molar refractivity (Wildman–Crippen MR) is 243 cm³/mol. The van der Waals surface area contributed by atoms with E-state index >= 15 is 0 Å². The van der Waals surface area contributed by atoms with Gasteiger partial charge in [0.05, 0.1) is 38.5 Å². The number of rotatable bonds is 8. The van der Waals surface area contributed by atoms with E-state index in [-0.39, 0.29) is 30.7 Å². The maximum absolute atomic E-state index is 13.6. The highest BCUT2D eigenvalue weighted by atomic mass is 35.5. The Labute approximate surface area is 368 Å². The van der Waals surface area contributed by atoms with Gasteiger partial charge in [-0.05, 0) is 68.3 Å². The lowest BCUT2D eigenvalue weighted by atomic mass is 10.1. The van der Waals surface area contributed by atoms with E-state index in [1.807, 2.05) is 60.7 Å². The number of benzene rings is 6. The van der Waals surface area contributed by atoms with Crippen LogP contribution in [0.2, 0.25) is 10.0 Å². The van der Waals surface area contributed by atoms with E-state index < -0.39 is 0 Å². The second-order valence-corrected chi connectivity index (χ2v) is 12.9. The molecule has 6 rings (SSSR count). The Bertz CT molecular complexity index is 2150. The number of halogens is 6. The first-order chi connectivity index (χ1) is 28.7. The number of nitrogen functional groups attached to an aromatic ring is 1. The Morgan fingerprint density at radius 2 is 1.05 bits per heavy atom. The number of ether oxygens (including phenoxy) is 4. The van der Waals surface area contributed by atoms with E-state index in [9.17, 15) is 17.6 Å². The third-order valence-electron chi connectivity index (χ3n) is 8.08. The number of aliphatic hydroxyl groups excluding tert-OH is 1. The molecule has 0 aliphatic carbocycles. The van der Waals surface area contributed by atoms with Crippen molar-refractivity contribution in [3.05, 3.63) is 176 Å². The molecule has 0 saturated heterocycles. The molecule has 61 heavy (non-hydrogen) atoms. The molecule has 6 aromatic carbocycles. The molecule has 0 radical (unpaired) electrons. The average molecular weight is 891 g/mol. The van der Waals surface area contributed by atoms with E-state index in [1.165, 1.54) is 69.4 Å². The fourth-order valence-corrected chi connectivity index (χ4v) is 5.26. The molecule has 332 valence electrons. The molecule has 0 amide bonds. The molecule has 6 aromatic rings. The molecular formula is C47H57Cl2F4N3O5. The van der Waals surface area contributed by atoms with Crippen LogP contribution in [0.5, 0.6) is 23.0 Å². The molecule has 6 N–H and O–H groups in total. The van der Waals surface area contributed by atoms with Crippen LogP contribution in [0.25, 0.3) is 0 Å². The number of anilines is 2. The Hall–Kier alpha value is -5.66. The molecule has 0 saturated carbocycles. The normalized spacial score (nSPS) is 9.38.